The van der Waals surface area contributed by atoms with E-state index in [1.807, 2.05) is 31.2 Å². The Labute approximate surface area is 141 Å². The fourth-order valence-corrected chi connectivity index (χ4v) is 2.86. The van der Waals surface area contributed by atoms with Crippen molar-refractivity contribution in [3.8, 4) is 11.4 Å². The molecule has 2 aromatic rings. The fourth-order valence-electron chi connectivity index (χ4n) is 2.86. The van der Waals surface area contributed by atoms with Gasteiger partial charge < -0.3 is 20.3 Å². The molecule has 0 aliphatic carbocycles. The second kappa shape index (κ2) is 7.44. The number of urea groups is 1. The molecule has 3 rings (SSSR count). The standard InChI is InChI=1S/C17H23N5O2/c1-12(7-9-23)11-18-17(24)19-14-5-2-4-13(10-14)16-21-20-15-6-3-8-22(15)16/h2,4-5,10,12,23H,3,6-9,11H2,1H3,(H2,18,19,24). The highest BCUT2D eigenvalue weighted by atomic mass is 16.3. The topological polar surface area (TPSA) is 92.1 Å². The van der Waals surface area contributed by atoms with Gasteiger partial charge in [-0.25, -0.2) is 4.79 Å². The molecule has 0 bridgehead atoms. The molecule has 0 saturated heterocycles. The van der Waals surface area contributed by atoms with Gasteiger partial charge in [0.15, 0.2) is 5.82 Å². The van der Waals surface area contributed by atoms with Crippen LogP contribution in [0.15, 0.2) is 24.3 Å². The minimum absolute atomic E-state index is 0.134. The van der Waals surface area contributed by atoms with Crippen molar-refractivity contribution in [3.05, 3.63) is 30.1 Å². The lowest BCUT2D eigenvalue weighted by molar-refractivity contribution is 0.243. The van der Waals surface area contributed by atoms with Gasteiger partial charge in [0, 0.05) is 37.4 Å². The summed E-state index contributed by atoms with van der Waals surface area (Å²) in [6, 6.07) is 7.38. The van der Waals surface area contributed by atoms with Gasteiger partial charge in [0.25, 0.3) is 0 Å². The minimum Gasteiger partial charge on any atom is -0.396 e. The van der Waals surface area contributed by atoms with Gasteiger partial charge in [-0.1, -0.05) is 19.1 Å². The first-order valence-electron chi connectivity index (χ1n) is 8.35. The summed E-state index contributed by atoms with van der Waals surface area (Å²) in [5, 5.41) is 23.0. The third-order valence-corrected chi connectivity index (χ3v) is 4.22. The third-order valence-electron chi connectivity index (χ3n) is 4.22. The van der Waals surface area contributed by atoms with E-state index in [2.05, 4.69) is 25.4 Å². The van der Waals surface area contributed by atoms with Crippen LogP contribution in [-0.2, 0) is 13.0 Å². The summed E-state index contributed by atoms with van der Waals surface area (Å²) in [6.07, 6.45) is 2.75. The van der Waals surface area contributed by atoms with Crippen molar-refractivity contribution < 1.29 is 9.90 Å². The van der Waals surface area contributed by atoms with Crippen LogP contribution < -0.4 is 10.6 Å². The molecule has 24 heavy (non-hydrogen) atoms. The molecule has 1 atom stereocenters. The third kappa shape index (κ3) is 3.73. The largest absolute Gasteiger partial charge is 0.396 e. The van der Waals surface area contributed by atoms with E-state index in [1.165, 1.54) is 0 Å². The number of aromatic nitrogens is 3. The van der Waals surface area contributed by atoms with E-state index >= 15 is 0 Å². The Morgan fingerprint density at radius 3 is 3.12 bits per heavy atom. The smallest absolute Gasteiger partial charge is 0.319 e. The van der Waals surface area contributed by atoms with Gasteiger partial charge in [0.2, 0.25) is 0 Å². The van der Waals surface area contributed by atoms with Gasteiger partial charge in [-0.05, 0) is 30.9 Å². The molecule has 2 heterocycles. The van der Waals surface area contributed by atoms with Crippen molar-refractivity contribution in [2.75, 3.05) is 18.5 Å². The molecule has 0 radical (unpaired) electrons. The van der Waals surface area contributed by atoms with Crippen LogP contribution in [0, 0.1) is 5.92 Å². The monoisotopic (exact) mass is 329 g/mol. The number of benzene rings is 1. The highest BCUT2D eigenvalue weighted by Gasteiger charge is 2.18. The van der Waals surface area contributed by atoms with Crippen molar-refractivity contribution in [1.29, 1.82) is 0 Å². The normalized spacial score (nSPS) is 14.2. The molecular weight excluding hydrogens is 306 g/mol. The highest BCUT2D eigenvalue weighted by molar-refractivity contribution is 5.89. The number of carbonyl (C=O) groups is 1. The van der Waals surface area contributed by atoms with Gasteiger partial charge in [-0.2, -0.15) is 0 Å². The zero-order valence-corrected chi connectivity index (χ0v) is 13.8. The molecule has 1 aromatic carbocycles. The van der Waals surface area contributed by atoms with E-state index in [-0.39, 0.29) is 18.6 Å². The number of rotatable bonds is 6. The minimum atomic E-state index is -0.247. The molecule has 7 heteroatoms. The van der Waals surface area contributed by atoms with Crippen LogP contribution in [0.25, 0.3) is 11.4 Å². The average molecular weight is 329 g/mol. The van der Waals surface area contributed by atoms with Crippen LogP contribution in [0.3, 0.4) is 0 Å². The summed E-state index contributed by atoms with van der Waals surface area (Å²) in [4.78, 5) is 12.0. The summed E-state index contributed by atoms with van der Waals surface area (Å²) in [5.41, 5.74) is 1.66. The van der Waals surface area contributed by atoms with Crippen LogP contribution >= 0.6 is 0 Å². The lowest BCUT2D eigenvalue weighted by atomic mass is 10.1. The van der Waals surface area contributed by atoms with Crippen molar-refractivity contribution in [2.24, 2.45) is 5.92 Å². The molecule has 1 unspecified atom stereocenters. The van der Waals surface area contributed by atoms with Crippen molar-refractivity contribution in [1.82, 2.24) is 20.1 Å². The van der Waals surface area contributed by atoms with Gasteiger partial charge in [0.05, 0.1) is 0 Å². The molecule has 1 aromatic heterocycles. The van der Waals surface area contributed by atoms with E-state index in [1.54, 1.807) is 0 Å². The number of hydrogen-bond acceptors (Lipinski definition) is 4. The second-order valence-corrected chi connectivity index (χ2v) is 6.23. The molecule has 0 fully saturated rings. The Kier molecular flexibility index (Phi) is 5.10. The maximum absolute atomic E-state index is 12.0. The predicted octanol–water partition coefficient (Wildman–Crippen LogP) is 2.03. The first-order chi connectivity index (χ1) is 11.7. The number of aryl methyl sites for hydroxylation is 1. The summed E-state index contributed by atoms with van der Waals surface area (Å²) >= 11 is 0. The number of amides is 2. The van der Waals surface area contributed by atoms with Crippen molar-refractivity contribution >= 4 is 11.7 Å². The van der Waals surface area contributed by atoms with E-state index in [9.17, 15) is 4.79 Å². The summed E-state index contributed by atoms with van der Waals surface area (Å²) < 4.78 is 2.13. The Balaban J connectivity index is 1.64. The molecule has 2 amide bonds. The quantitative estimate of drug-likeness (QED) is 0.756. The number of fused-ring (bicyclic) bond motifs is 1. The van der Waals surface area contributed by atoms with Gasteiger partial charge in [-0.3, -0.25) is 0 Å². The lowest BCUT2D eigenvalue weighted by Crippen LogP contribution is -2.32. The number of aliphatic hydroxyl groups is 1. The van der Waals surface area contributed by atoms with Gasteiger partial charge >= 0.3 is 6.03 Å². The molecule has 1 aliphatic rings. The van der Waals surface area contributed by atoms with E-state index < -0.39 is 0 Å². The van der Waals surface area contributed by atoms with Crippen LogP contribution in [0.4, 0.5) is 10.5 Å². The lowest BCUT2D eigenvalue weighted by Gasteiger charge is -2.12. The Morgan fingerprint density at radius 1 is 1.42 bits per heavy atom. The van der Waals surface area contributed by atoms with Gasteiger partial charge in [-0.15, -0.1) is 10.2 Å². The van der Waals surface area contributed by atoms with E-state index in [4.69, 9.17) is 5.11 Å². The molecule has 0 spiro atoms. The molecule has 128 valence electrons. The highest BCUT2D eigenvalue weighted by Crippen LogP contribution is 2.25. The molecule has 0 saturated carbocycles. The summed E-state index contributed by atoms with van der Waals surface area (Å²) in [6.45, 7) is 3.60. The maximum Gasteiger partial charge on any atom is 0.319 e. The first kappa shape index (κ1) is 16.4. The SMILES string of the molecule is CC(CCO)CNC(=O)Nc1cccc(-c2nnc3n2CCC3)c1. The molecule has 1 aliphatic heterocycles. The Morgan fingerprint density at radius 2 is 2.29 bits per heavy atom. The Hall–Kier alpha value is -2.41. The zero-order chi connectivity index (χ0) is 16.9. The second-order valence-electron chi connectivity index (χ2n) is 6.23. The van der Waals surface area contributed by atoms with Gasteiger partial charge in [0.1, 0.15) is 5.82 Å². The van der Waals surface area contributed by atoms with Crippen LogP contribution in [-0.4, -0.2) is 39.1 Å². The zero-order valence-electron chi connectivity index (χ0n) is 13.8. The number of nitrogens with one attached hydrogen (secondary N) is 2. The Bertz CT molecular complexity index is 713. The number of hydrogen-bond donors (Lipinski definition) is 3. The first-order valence-corrected chi connectivity index (χ1v) is 8.35. The van der Waals surface area contributed by atoms with Crippen molar-refractivity contribution in [3.63, 3.8) is 0 Å². The predicted molar refractivity (Wildman–Crippen MR) is 91.7 cm³/mol. The molecule has 7 nitrogen and oxygen atoms in total. The van der Waals surface area contributed by atoms with E-state index in [0.29, 0.717) is 13.0 Å². The molecule has 3 N–H and O–H groups in total. The van der Waals surface area contributed by atoms with Crippen LogP contribution in [0.2, 0.25) is 0 Å². The number of nitrogens with zero attached hydrogens (tertiary/aromatic N) is 3. The molecular formula is C17H23N5O2. The van der Waals surface area contributed by atoms with Crippen LogP contribution in [0.5, 0.6) is 0 Å². The number of aliphatic hydroxyl groups excluding tert-OH is 1. The summed E-state index contributed by atoms with van der Waals surface area (Å²) in [7, 11) is 0. The van der Waals surface area contributed by atoms with Crippen molar-refractivity contribution in [2.45, 2.75) is 32.7 Å². The fraction of sp³-hybridized carbons (Fsp3) is 0.471. The van der Waals surface area contributed by atoms with E-state index in [0.717, 1.165) is 42.3 Å². The summed E-state index contributed by atoms with van der Waals surface area (Å²) in [5.74, 6) is 2.12. The average Bonchev–Trinajstić information content (AvgIpc) is 3.16. The number of anilines is 1. The van der Waals surface area contributed by atoms with Crippen LogP contribution in [0.1, 0.15) is 25.6 Å². The number of carbonyl (C=O) groups excluding carboxylic acids is 1. The maximum atomic E-state index is 12.0.